The summed E-state index contributed by atoms with van der Waals surface area (Å²) < 4.78 is 13.1. The van der Waals surface area contributed by atoms with Gasteiger partial charge in [0.25, 0.3) is 0 Å². The molecule has 1 heterocycles. The minimum atomic E-state index is 0.509. The number of hydrogen-bond donors (Lipinski definition) is 0. The summed E-state index contributed by atoms with van der Waals surface area (Å²) in [5, 5.41) is 0. The van der Waals surface area contributed by atoms with Gasteiger partial charge in [0.05, 0.1) is 0 Å². The average Bonchev–Trinajstić information content (AvgIpc) is 2.71. The van der Waals surface area contributed by atoms with Crippen molar-refractivity contribution in [2.45, 2.75) is 58.9 Å². The van der Waals surface area contributed by atoms with Crippen molar-refractivity contribution in [2.24, 2.45) is 0 Å². The molecule has 1 aromatic carbocycles. The molecule has 1 aromatic heterocycles. The molecule has 1 fully saturated rings. The Labute approximate surface area is 123 Å². The molecule has 0 saturated heterocycles. The second-order valence-corrected chi connectivity index (χ2v) is 6.05. The number of nitrogens with zero attached hydrogens (tertiary/aromatic N) is 2. The molecule has 1 aliphatic carbocycles. The molecule has 0 unspecified atom stereocenters. The van der Waals surface area contributed by atoms with Crippen LogP contribution in [0.15, 0.2) is 30.6 Å². The fourth-order valence-corrected chi connectivity index (χ4v) is 3.34. The lowest BCUT2D eigenvalue weighted by molar-refractivity contribution is -0.602. The van der Waals surface area contributed by atoms with Crippen molar-refractivity contribution in [1.82, 2.24) is 4.57 Å². The molecule has 1 saturated carbocycles. The monoisotopic (exact) mass is 270 g/mol. The molecular formula is C18H25N2+. The summed E-state index contributed by atoms with van der Waals surface area (Å²) >= 11 is 0. The lowest BCUT2D eigenvalue weighted by Gasteiger charge is -2.19. The van der Waals surface area contributed by atoms with Gasteiger partial charge in [-0.3, -0.25) is 0 Å². The largest absolute Gasteiger partial charge is 0.249 e. The molecule has 20 heavy (non-hydrogen) atoms. The van der Waals surface area contributed by atoms with Crippen LogP contribution in [0.1, 0.15) is 56.5 Å². The highest BCUT2D eigenvalue weighted by Crippen LogP contribution is 2.29. The van der Waals surface area contributed by atoms with Crippen molar-refractivity contribution < 1.29 is 5.94 Å². The molecule has 1 aliphatic rings. The maximum absolute atomic E-state index is 8.70. The van der Waals surface area contributed by atoms with Crippen LogP contribution < -0.4 is 4.57 Å². The van der Waals surface area contributed by atoms with Crippen molar-refractivity contribution in [3.8, 4) is 5.69 Å². The highest BCUT2D eigenvalue weighted by molar-refractivity contribution is 5.32. The van der Waals surface area contributed by atoms with Crippen molar-refractivity contribution in [2.75, 3.05) is 0 Å². The summed E-state index contributed by atoms with van der Waals surface area (Å²) in [7, 11) is 0. The average molecular weight is 270 g/mol. The molecule has 2 aromatic rings. The summed E-state index contributed by atoms with van der Waals surface area (Å²) in [6.07, 6.45) is 7.01. The quantitative estimate of drug-likeness (QED) is 0.723. The van der Waals surface area contributed by atoms with Crippen molar-refractivity contribution in [3.05, 3.63) is 47.5 Å². The Hall–Kier alpha value is -1.57. The van der Waals surface area contributed by atoms with Crippen LogP contribution >= 0.6 is 0 Å². The molecular weight excluding hydrogens is 244 g/mol. The fourth-order valence-electron chi connectivity index (χ4n) is 3.34. The first kappa shape index (κ1) is 12.2. The minimum absolute atomic E-state index is 0.509. The van der Waals surface area contributed by atoms with Crippen LogP contribution in [0.25, 0.3) is 5.69 Å². The molecule has 0 N–H and O–H groups in total. The standard InChI is InChI=1S/C18H25N2/c1-14-9-7-8-12-18(14)20-13-19(15(2)16(20)3)17-10-5-4-6-11-17/h7-9,12-13,17H,4-6,10-11H2,1-3H3/q+1/i13D. The van der Waals surface area contributed by atoms with E-state index in [1.807, 2.05) is 0 Å². The zero-order valence-electron chi connectivity index (χ0n) is 13.8. The highest BCUT2D eigenvalue weighted by atomic mass is 15.2. The summed E-state index contributed by atoms with van der Waals surface area (Å²) in [5.74, 6) is 0. The molecule has 3 rings (SSSR count). The predicted octanol–water partition coefficient (Wildman–Crippen LogP) is 4.20. The summed E-state index contributed by atoms with van der Waals surface area (Å²) in [6, 6.07) is 8.86. The van der Waals surface area contributed by atoms with Crippen LogP contribution in [-0.2, 0) is 0 Å². The van der Waals surface area contributed by atoms with Crippen LogP contribution in [0, 0.1) is 20.8 Å². The van der Waals surface area contributed by atoms with Gasteiger partial charge in [-0.1, -0.05) is 24.6 Å². The summed E-state index contributed by atoms with van der Waals surface area (Å²) in [6.45, 7) is 6.42. The zero-order chi connectivity index (χ0) is 15.0. The summed E-state index contributed by atoms with van der Waals surface area (Å²) in [4.78, 5) is 0. The Kier molecular flexibility index (Phi) is 3.31. The van der Waals surface area contributed by atoms with E-state index in [2.05, 4.69) is 54.2 Å². The summed E-state index contributed by atoms with van der Waals surface area (Å²) in [5.41, 5.74) is 4.80. The fraction of sp³-hybridized carbons (Fsp3) is 0.500. The van der Waals surface area contributed by atoms with E-state index in [4.69, 9.17) is 1.37 Å². The SMILES string of the molecule is [2H]c1n(C2CCCCC2)c(C)c(C)[n+]1-c1ccccc1C. The van der Waals surface area contributed by atoms with Crippen LogP contribution in [0.4, 0.5) is 0 Å². The van der Waals surface area contributed by atoms with Gasteiger partial charge in [0.2, 0.25) is 6.30 Å². The van der Waals surface area contributed by atoms with E-state index in [0.29, 0.717) is 12.3 Å². The first-order valence-corrected chi connectivity index (χ1v) is 7.77. The highest BCUT2D eigenvalue weighted by Gasteiger charge is 2.26. The first-order valence-electron chi connectivity index (χ1n) is 8.27. The van der Waals surface area contributed by atoms with Gasteiger partial charge in [-0.05, 0) is 44.2 Å². The number of benzene rings is 1. The van der Waals surface area contributed by atoms with Gasteiger partial charge in [-0.25, -0.2) is 4.57 Å². The van der Waals surface area contributed by atoms with Gasteiger partial charge >= 0.3 is 0 Å². The van der Waals surface area contributed by atoms with Gasteiger partial charge in [-0.2, -0.15) is 4.57 Å². The Morgan fingerprint density at radius 3 is 2.50 bits per heavy atom. The number of aryl methyl sites for hydroxylation is 1. The number of aromatic nitrogens is 2. The third kappa shape index (κ3) is 2.28. The second-order valence-electron chi connectivity index (χ2n) is 6.05. The molecule has 0 aliphatic heterocycles. The van der Waals surface area contributed by atoms with Gasteiger partial charge < -0.3 is 0 Å². The molecule has 0 radical (unpaired) electrons. The number of hydrogen-bond acceptors (Lipinski definition) is 0. The van der Waals surface area contributed by atoms with Crippen molar-refractivity contribution >= 4 is 0 Å². The number of para-hydroxylation sites is 1. The lowest BCUT2D eigenvalue weighted by Crippen LogP contribution is -2.32. The molecule has 106 valence electrons. The zero-order valence-corrected chi connectivity index (χ0v) is 12.8. The molecule has 0 bridgehead atoms. The maximum Gasteiger partial charge on any atom is 0.249 e. The normalized spacial score (nSPS) is 17.2. The molecule has 0 spiro atoms. The smallest absolute Gasteiger partial charge is 0.231 e. The Morgan fingerprint density at radius 2 is 1.80 bits per heavy atom. The van der Waals surface area contributed by atoms with Crippen LogP contribution in [0.3, 0.4) is 0 Å². The number of rotatable bonds is 2. The van der Waals surface area contributed by atoms with Gasteiger partial charge in [-0.15, -0.1) is 0 Å². The first-order chi connectivity index (χ1) is 10.1. The van der Waals surface area contributed by atoms with Gasteiger partial charge in [0.15, 0.2) is 1.37 Å². The predicted molar refractivity (Wildman–Crippen MR) is 82.3 cm³/mol. The third-order valence-electron chi connectivity index (χ3n) is 4.72. The van der Waals surface area contributed by atoms with E-state index >= 15 is 0 Å². The van der Waals surface area contributed by atoms with E-state index in [1.54, 1.807) is 0 Å². The van der Waals surface area contributed by atoms with Crippen molar-refractivity contribution in [1.29, 1.82) is 0 Å². The molecule has 0 amide bonds. The Bertz CT molecular complexity index is 651. The van der Waals surface area contributed by atoms with Crippen molar-refractivity contribution in [3.63, 3.8) is 0 Å². The van der Waals surface area contributed by atoms with Crippen LogP contribution in [0.2, 0.25) is 0 Å². The second kappa shape index (κ2) is 5.43. The van der Waals surface area contributed by atoms with Gasteiger partial charge in [0.1, 0.15) is 23.1 Å². The van der Waals surface area contributed by atoms with E-state index in [-0.39, 0.29) is 0 Å². The lowest BCUT2D eigenvalue weighted by atomic mass is 9.95. The minimum Gasteiger partial charge on any atom is -0.231 e. The van der Waals surface area contributed by atoms with E-state index in [9.17, 15) is 0 Å². The Balaban J connectivity index is 2.13. The van der Waals surface area contributed by atoms with E-state index in [1.165, 1.54) is 49.1 Å². The van der Waals surface area contributed by atoms with Crippen LogP contribution in [0.5, 0.6) is 0 Å². The third-order valence-corrected chi connectivity index (χ3v) is 4.72. The van der Waals surface area contributed by atoms with E-state index < -0.39 is 0 Å². The molecule has 2 heteroatoms. The van der Waals surface area contributed by atoms with Crippen LogP contribution in [-0.4, -0.2) is 4.57 Å². The molecule has 2 nitrogen and oxygen atoms in total. The topological polar surface area (TPSA) is 8.81 Å². The number of imidazole rings is 1. The van der Waals surface area contributed by atoms with E-state index in [0.717, 1.165) is 5.69 Å². The van der Waals surface area contributed by atoms with Gasteiger partial charge in [0, 0.05) is 13.8 Å². The maximum atomic E-state index is 8.70. The Morgan fingerprint density at radius 1 is 1.10 bits per heavy atom. The molecule has 0 atom stereocenters.